The maximum absolute atomic E-state index is 13.5. The Morgan fingerprint density at radius 1 is 0.848 bits per heavy atom. The van der Waals surface area contributed by atoms with E-state index in [1.165, 1.54) is 0 Å². The van der Waals surface area contributed by atoms with E-state index in [0.29, 0.717) is 18.3 Å². The molecule has 4 aliphatic carbocycles. The Morgan fingerprint density at radius 2 is 1.48 bits per heavy atom. The van der Waals surface area contributed by atoms with Gasteiger partial charge in [0.2, 0.25) is 17.7 Å². The molecular weight excluding hydrogens is 584 g/mol. The normalized spacial score (nSPS) is 39.5. The van der Waals surface area contributed by atoms with Crippen LogP contribution in [0.3, 0.4) is 0 Å². The van der Waals surface area contributed by atoms with Crippen LogP contribution in [0.5, 0.6) is 0 Å². The van der Waals surface area contributed by atoms with E-state index >= 15 is 0 Å². The number of rotatable bonds is 13. The molecule has 0 aromatic heterocycles. The van der Waals surface area contributed by atoms with Crippen molar-refractivity contribution in [1.82, 2.24) is 16.0 Å². The number of nitrogens with one attached hydrogen (secondary N) is 3. The molecule has 0 aromatic rings. The van der Waals surface area contributed by atoms with Gasteiger partial charge in [-0.2, -0.15) is 0 Å². The standard InChI is InChI=1S/C34H64N8O4/c1-5-24(37)30(44)42-28-15-23-29(22-9-8-21(34(22,28)4)18(2)7-6-12-43)27(41-32(46)26(39)17-36)14-19-13-20(10-11-33(19,23)3)40-31(45)25(38)16-35/h18-29,43H,5-17,35-39H2,1-4H3,(H,40,45)(H,41,46)(H,42,44)/t18-,19?,20-,21?,22+,23+,24+,25+,26?,27-,28?,29?,33?,34?/m1/s1. The number of hydrogen-bond acceptors (Lipinski definition) is 9. The molecule has 3 amide bonds. The van der Waals surface area contributed by atoms with Gasteiger partial charge in [0.15, 0.2) is 0 Å². The molecule has 0 bridgehead atoms. The van der Waals surface area contributed by atoms with Crippen LogP contribution < -0.4 is 44.6 Å². The zero-order valence-electron chi connectivity index (χ0n) is 28.7. The van der Waals surface area contributed by atoms with Crippen LogP contribution in [0, 0.1) is 46.3 Å². The van der Waals surface area contributed by atoms with E-state index in [2.05, 4.69) is 36.7 Å². The highest BCUT2D eigenvalue weighted by molar-refractivity contribution is 5.83. The van der Waals surface area contributed by atoms with Crippen molar-refractivity contribution in [3.05, 3.63) is 0 Å². The first-order chi connectivity index (χ1) is 21.8. The molecule has 264 valence electrons. The molecule has 12 heteroatoms. The van der Waals surface area contributed by atoms with Crippen LogP contribution in [-0.4, -0.2) is 78.8 Å². The summed E-state index contributed by atoms with van der Waals surface area (Å²) in [6, 6.07) is -2.26. The van der Waals surface area contributed by atoms with Gasteiger partial charge in [-0.3, -0.25) is 14.4 Å². The first-order valence-electron chi connectivity index (χ1n) is 17.9. The summed E-state index contributed by atoms with van der Waals surface area (Å²) in [6.45, 7) is 9.33. The minimum absolute atomic E-state index is 0.0162. The average molecular weight is 649 g/mol. The average Bonchev–Trinajstić information content (AvgIpc) is 3.41. The Balaban J connectivity index is 1.73. The van der Waals surface area contributed by atoms with E-state index < -0.39 is 18.1 Å². The topological polar surface area (TPSA) is 238 Å². The molecule has 4 fully saturated rings. The van der Waals surface area contributed by atoms with Gasteiger partial charge in [0.1, 0.15) is 0 Å². The van der Waals surface area contributed by atoms with Gasteiger partial charge in [-0.15, -0.1) is 0 Å². The third-order valence-electron chi connectivity index (χ3n) is 13.4. The monoisotopic (exact) mass is 649 g/mol. The van der Waals surface area contributed by atoms with Crippen molar-refractivity contribution in [2.24, 2.45) is 75.0 Å². The number of carbonyl (C=O) groups is 3. The second kappa shape index (κ2) is 15.2. The van der Waals surface area contributed by atoms with Crippen molar-refractivity contribution < 1.29 is 19.5 Å². The molecule has 0 aliphatic heterocycles. The summed E-state index contributed by atoms with van der Waals surface area (Å²) in [5.74, 6) is 1.15. The van der Waals surface area contributed by atoms with E-state index in [0.717, 1.165) is 57.8 Å². The van der Waals surface area contributed by atoms with Crippen LogP contribution in [0.4, 0.5) is 0 Å². The van der Waals surface area contributed by atoms with Crippen molar-refractivity contribution in [3.63, 3.8) is 0 Å². The molecule has 0 heterocycles. The largest absolute Gasteiger partial charge is 0.396 e. The molecule has 4 aliphatic rings. The smallest absolute Gasteiger partial charge is 0.238 e. The molecule has 14 N–H and O–H groups in total. The van der Waals surface area contributed by atoms with Crippen LogP contribution in [-0.2, 0) is 14.4 Å². The second-order valence-corrected chi connectivity index (χ2v) is 15.7. The highest BCUT2D eigenvalue weighted by Gasteiger charge is 2.66. The van der Waals surface area contributed by atoms with Gasteiger partial charge in [0, 0.05) is 37.8 Å². The van der Waals surface area contributed by atoms with Gasteiger partial charge in [-0.25, -0.2) is 0 Å². The Labute approximate surface area is 275 Å². The third-order valence-corrected chi connectivity index (χ3v) is 13.4. The Hall–Kier alpha value is -1.83. The van der Waals surface area contributed by atoms with Gasteiger partial charge in [-0.05, 0) is 111 Å². The first kappa shape index (κ1) is 37.0. The molecule has 12 nitrogen and oxygen atoms in total. The zero-order valence-corrected chi connectivity index (χ0v) is 28.7. The summed E-state index contributed by atoms with van der Waals surface area (Å²) in [5, 5.41) is 19.7. The van der Waals surface area contributed by atoms with Crippen LogP contribution in [0.25, 0.3) is 0 Å². The van der Waals surface area contributed by atoms with Gasteiger partial charge in [0.25, 0.3) is 0 Å². The van der Waals surface area contributed by atoms with Gasteiger partial charge in [-0.1, -0.05) is 27.7 Å². The van der Waals surface area contributed by atoms with E-state index in [1.54, 1.807) is 0 Å². The fourth-order valence-electron chi connectivity index (χ4n) is 10.6. The highest BCUT2D eigenvalue weighted by atomic mass is 16.3. The maximum atomic E-state index is 13.5. The fourth-order valence-corrected chi connectivity index (χ4v) is 10.6. The number of amides is 3. The molecule has 46 heavy (non-hydrogen) atoms. The Bertz CT molecular complexity index is 1080. The summed E-state index contributed by atoms with van der Waals surface area (Å²) >= 11 is 0. The van der Waals surface area contributed by atoms with Gasteiger partial charge >= 0.3 is 0 Å². The molecule has 0 radical (unpaired) electrons. The molecule has 4 saturated carbocycles. The number of nitrogens with two attached hydrogens (primary N) is 5. The van der Waals surface area contributed by atoms with E-state index in [1.807, 2.05) is 6.92 Å². The lowest BCUT2D eigenvalue weighted by molar-refractivity contribution is -0.154. The quantitative estimate of drug-likeness (QED) is 0.131. The summed E-state index contributed by atoms with van der Waals surface area (Å²) in [6.07, 6.45) is 8.48. The number of aliphatic hydroxyl groups is 1. The summed E-state index contributed by atoms with van der Waals surface area (Å²) in [4.78, 5) is 39.5. The molecule has 4 rings (SSSR count). The lowest BCUT2D eigenvalue weighted by Gasteiger charge is -2.65. The van der Waals surface area contributed by atoms with Gasteiger partial charge < -0.3 is 49.7 Å². The number of hydrogen-bond donors (Lipinski definition) is 9. The molecule has 0 spiro atoms. The summed E-state index contributed by atoms with van der Waals surface area (Å²) in [5.41, 5.74) is 29.6. The number of carbonyl (C=O) groups excluding carboxylic acids is 3. The summed E-state index contributed by atoms with van der Waals surface area (Å²) in [7, 11) is 0. The van der Waals surface area contributed by atoms with Crippen molar-refractivity contribution in [2.45, 2.75) is 128 Å². The van der Waals surface area contributed by atoms with Crippen molar-refractivity contribution in [1.29, 1.82) is 0 Å². The van der Waals surface area contributed by atoms with Gasteiger partial charge in [0.05, 0.1) is 18.1 Å². The lowest BCUT2D eigenvalue weighted by Crippen LogP contribution is -2.68. The van der Waals surface area contributed by atoms with Crippen molar-refractivity contribution in [2.75, 3.05) is 19.7 Å². The highest BCUT2D eigenvalue weighted by Crippen LogP contribution is 2.68. The lowest BCUT2D eigenvalue weighted by atomic mass is 9.42. The zero-order chi connectivity index (χ0) is 34.0. The van der Waals surface area contributed by atoms with E-state index in [9.17, 15) is 19.5 Å². The fraction of sp³-hybridized carbons (Fsp3) is 0.912. The minimum Gasteiger partial charge on any atom is -0.396 e. The predicted octanol–water partition coefficient (Wildman–Crippen LogP) is 0.0374. The van der Waals surface area contributed by atoms with Crippen molar-refractivity contribution >= 4 is 17.7 Å². The summed E-state index contributed by atoms with van der Waals surface area (Å²) < 4.78 is 0. The molecule has 0 aromatic carbocycles. The van der Waals surface area contributed by atoms with Crippen LogP contribution in [0.1, 0.15) is 91.9 Å². The Morgan fingerprint density at radius 3 is 2.09 bits per heavy atom. The Kier molecular flexibility index (Phi) is 12.2. The molecule has 14 atom stereocenters. The first-order valence-corrected chi connectivity index (χ1v) is 17.9. The SMILES string of the molecule is CC[C@H](N)C(=O)NC1C[C@H]2C([C@H](NC(=O)C(N)CN)CC3C[C@H](NC(=O)[C@@H](N)CN)CCC32C)[C@@H]2CCC([C@H](C)CCCO)C12C. The van der Waals surface area contributed by atoms with Crippen molar-refractivity contribution in [3.8, 4) is 0 Å². The molecular formula is C34H64N8O4. The van der Waals surface area contributed by atoms with E-state index in [4.69, 9.17) is 28.7 Å². The maximum Gasteiger partial charge on any atom is 0.238 e. The molecule has 0 saturated heterocycles. The molecule has 7 unspecified atom stereocenters. The van der Waals surface area contributed by atoms with E-state index in [-0.39, 0.29) is 90.0 Å². The second-order valence-electron chi connectivity index (χ2n) is 15.7. The predicted molar refractivity (Wildman–Crippen MR) is 180 cm³/mol. The van der Waals surface area contributed by atoms with Crippen LogP contribution >= 0.6 is 0 Å². The minimum atomic E-state index is -0.782. The van der Waals surface area contributed by atoms with Crippen LogP contribution in [0.2, 0.25) is 0 Å². The third kappa shape index (κ3) is 6.98. The van der Waals surface area contributed by atoms with Crippen LogP contribution in [0.15, 0.2) is 0 Å². The number of fused-ring (bicyclic) bond motifs is 5. The number of aliphatic hydroxyl groups excluding tert-OH is 1.